The highest BCUT2D eigenvalue weighted by atomic mass is 19.2. The van der Waals surface area contributed by atoms with Crippen molar-refractivity contribution < 1.29 is 8.78 Å². The van der Waals surface area contributed by atoms with Crippen molar-refractivity contribution in [1.29, 1.82) is 0 Å². The molecule has 3 aromatic rings. The van der Waals surface area contributed by atoms with Crippen LogP contribution in [-0.4, -0.2) is 12.0 Å². The molecule has 2 aromatic carbocycles. The van der Waals surface area contributed by atoms with Crippen LogP contribution in [0, 0.1) is 11.6 Å². The average molecular weight is 284 g/mol. The summed E-state index contributed by atoms with van der Waals surface area (Å²) in [4.78, 5) is 4.28. The topological polar surface area (TPSA) is 24.9 Å². The highest BCUT2D eigenvalue weighted by Crippen LogP contribution is 2.25. The summed E-state index contributed by atoms with van der Waals surface area (Å²) >= 11 is 0. The van der Waals surface area contributed by atoms with E-state index in [1.807, 2.05) is 30.3 Å². The van der Waals surface area contributed by atoms with Gasteiger partial charge in [-0.05, 0) is 48.5 Å². The highest BCUT2D eigenvalue weighted by Gasteiger charge is 2.14. The van der Waals surface area contributed by atoms with E-state index in [2.05, 4.69) is 10.3 Å². The van der Waals surface area contributed by atoms with Gasteiger partial charge >= 0.3 is 0 Å². The Labute approximate surface area is 121 Å². The normalized spacial score (nSPS) is 12.5. The number of halogens is 2. The van der Waals surface area contributed by atoms with Crippen molar-refractivity contribution in [2.24, 2.45) is 0 Å². The lowest BCUT2D eigenvalue weighted by molar-refractivity contribution is 0.505. The SMILES string of the molecule is CNC(c1ccc(F)c(F)c1)c1ccc2ncccc2c1. The van der Waals surface area contributed by atoms with Crippen molar-refractivity contribution in [3.05, 3.63) is 77.5 Å². The van der Waals surface area contributed by atoms with Gasteiger partial charge in [0.25, 0.3) is 0 Å². The van der Waals surface area contributed by atoms with Crippen LogP contribution < -0.4 is 5.32 Å². The maximum absolute atomic E-state index is 13.4. The third-order valence-corrected chi connectivity index (χ3v) is 3.53. The first-order chi connectivity index (χ1) is 10.2. The van der Waals surface area contributed by atoms with Crippen LogP contribution in [0.15, 0.2) is 54.7 Å². The fourth-order valence-electron chi connectivity index (χ4n) is 2.49. The molecule has 0 spiro atoms. The van der Waals surface area contributed by atoms with Crippen LogP contribution in [0.2, 0.25) is 0 Å². The molecule has 0 saturated carbocycles. The van der Waals surface area contributed by atoms with Gasteiger partial charge in [0.05, 0.1) is 11.6 Å². The molecule has 0 aliphatic heterocycles. The van der Waals surface area contributed by atoms with E-state index < -0.39 is 11.6 Å². The van der Waals surface area contributed by atoms with Gasteiger partial charge in [0, 0.05) is 11.6 Å². The molecule has 21 heavy (non-hydrogen) atoms. The van der Waals surface area contributed by atoms with Gasteiger partial charge in [-0.25, -0.2) is 8.78 Å². The maximum atomic E-state index is 13.4. The second kappa shape index (κ2) is 5.58. The molecule has 3 rings (SSSR count). The minimum absolute atomic E-state index is 0.204. The Hall–Kier alpha value is -2.33. The molecule has 0 radical (unpaired) electrons. The number of aromatic nitrogens is 1. The van der Waals surface area contributed by atoms with Crippen LogP contribution in [0.4, 0.5) is 8.78 Å². The number of hydrogen-bond donors (Lipinski definition) is 1. The molecule has 0 fully saturated rings. The van der Waals surface area contributed by atoms with Crippen LogP contribution in [-0.2, 0) is 0 Å². The Bertz CT molecular complexity index is 787. The predicted octanol–water partition coefficient (Wildman–Crippen LogP) is 3.82. The first kappa shape index (κ1) is 13.6. The van der Waals surface area contributed by atoms with E-state index in [-0.39, 0.29) is 6.04 Å². The second-order valence-electron chi connectivity index (χ2n) is 4.85. The van der Waals surface area contributed by atoms with E-state index >= 15 is 0 Å². The molecule has 0 bridgehead atoms. The van der Waals surface area contributed by atoms with Gasteiger partial charge in [0.2, 0.25) is 0 Å². The molecule has 1 heterocycles. The van der Waals surface area contributed by atoms with Gasteiger partial charge in [-0.15, -0.1) is 0 Å². The standard InChI is InChI=1S/C17H14F2N2/c1-20-17(13-4-6-14(18)15(19)10-13)12-5-7-16-11(9-12)3-2-8-21-16/h2-10,17,20H,1H3. The number of pyridine rings is 1. The number of rotatable bonds is 3. The molecule has 2 nitrogen and oxygen atoms in total. The number of nitrogens with zero attached hydrogens (tertiary/aromatic N) is 1. The van der Waals surface area contributed by atoms with E-state index in [0.717, 1.165) is 22.5 Å². The zero-order valence-corrected chi connectivity index (χ0v) is 11.5. The summed E-state index contributed by atoms with van der Waals surface area (Å²) in [7, 11) is 1.79. The molecular weight excluding hydrogens is 270 g/mol. The molecule has 106 valence electrons. The average Bonchev–Trinajstić information content (AvgIpc) is 2.51. The van der Waals surface area contributed by atoms with E-state index in [9.17, 15) is 8.78 Å². The molecular formula is C17H14F2N2. The van der Waals surface area contributed by atoms with Crippen molar-refractivity contribution in [2.75, 3.05) is 7.05 Å². The zero-order valence-electron chi connectivity index (χ0n) is 11.5. The minimum atomic E-state index is -0.838. The van der Waals surface area contributed by atoms with Crippen LogP contribution >= 0.6 is 0 Å². The smallest absolute Gasteiger partial charge is 0.159 e. The van der Waals surface area contributed by atoms with Crippen molar-refractivity contribution in [2.45, 2.75) is 6.04 Å². The summed E-state index contributed by atoms with van der Waals surface area (Å²) < 4.78 is 26.5. The van der Waals surface area contributed by atoms with Gasteiger partial charge < -0.3 is 5.32 Å². The monoisotopic (exact) mass is 284 g/mol. The zero-order chi connectivity index (χ0) is 14.8. The van der Waals surface area contributed by atoms with Crippen LogP contribution in [0.3, 0.4) is 0 Å². The number of nitrogens with one attached hydrogen (secondary N) is 1. The molecule has 0 amide bonds. The predicted molar refractivity (Wildman–Crippen MR) is 79.0 cm³/mol. The lowest BCUT2D eigenvalue weighted by Crippen LogP contribution is -2.18. The molecule has 1 atom stereocenters. The fraction of sp³-hybridized carbons (Fsp3) is 0.118. The Balaban J connectivity index is 2.06. The van der Waals surface area contributed by atoms with E-state index in [0.29, 0.717) is 5.56 Å². The van der Waals surface area contributed by atoms with Gasteiger partial charge in [-0.2, -0.15) is 0 Å². The first-order valence-electron chi connectivity index (χ1n) is 6.66. The van der Waals surface area contributed by atoms with E-state index in [1.165, 1.54) is 6.07 Å². The van der Waals surface area contributed by atoms with Crippen molar-refractivity contribution in [3.63, 3.8) is 0 Å². The lowest BCUT2D eigenvalue weighted by Gasteiger charge is -2.18. The summed E-state index contributed by atoms with van der Waals surface area (Å²) in [6.45, 7) is 0. The summed E-state index contributed by atoms with van der Waals surface area (Å²) in [5.74, 6) is -1.67. The Morgan fingerprint density at radius 2 is 1.71 bits per heavy atom. The van der Waals surface area contributed by atoms with Gasteiger partial charge in [-0.3, -0.25) is 4.98 Å². The molecule has 4 heteroatoms. The first-order valence-corrected chi connectivity index (χ1v) is 6.66. The molecule has 0 saturated heterocycles. The Morgan fingerprint density at radius 3 is 2.48 bits per heavy atom. The maximum Gasteiger partial charge on any atom is 0.159 e. The molecule has 1 N–H and O–H groups in total. The summed E-state index contributed by atoms with van der Waals surface area (Å²) in [5.41, 5.74) is 2.56. The second-order valence-corrected chi connectivity index (χ2v) is 4.85. The number of benzene rings is 2. The molecule has 1 unspecified atom stereocenters. The Morgan fingerprint density at radius 1 is 0.952 bits per heavy atom. The molecule has 0 aliphatic carbocycles. The van der Waals surface area contributed by atoms with Crippen LogP contribution in [0.1, 0.15) is 17.2 Å². The Kier molecular flexibility index (Phi) is 3.62. The highest BCUT2D eigenvalue weighted by molar-refractivity contribution is 5.79. The van der Waals surface area contributed by atoms with Crippen molar-refractivity contribution in [3.8, 4) is 0 Å². The molecule has 0 aliphatic rings. The van der Waals surface area contributed by atoms with E-state index in [1.54, 1.807) is 19.3 Å². The summed E-state index contributed by atoms with van der Waals surface area (Å²) in [6.07, 6.45) is 1.74. The van der Waals surface area contributed by atoms with Crippen LogP contribution in [0.25, 0.3) is 10.9 Å². The van der Waals surface area contributed by atoms with Gasteiger partial charge in [-0.1, -0.05) is 18.2 Å². The van der Waals surface area contributed by atoms with Crippen molar-refractivity contribution in [1.82, 2.24) is 10.3 Å². The van der Waals surface area contributed by atoms with Crippen molar-refractivity contribution >= 4 is 10.9 Å². The summed E-state index contributed by atoms with van der Waals surface area (Å²) in [5, 5.41) is 4.15. The fourth-order valence-corrected chi connectivity index (χ4v) is 2.49. The van der Waals surface area contributed by atoms with Crippen LogP contribution in [0.5, 0.6) is 0 Å². The third kappa shape index (κ3) is 2.62. The van der Waals surface area contributed by atoms with E-state index in [4.69, 9.17) is 0 Å². The van der Waals surface area contributed by atoms with Gasteiger partial charge in [0.15, 0.2) is 11.6 Å². The minimum Gasteiger partial charge on any atom is -0.309 e. The van der Waals surface area contributed by atoms with Gasteiger partial charge in [0.1, 0.15) is 0 Å². The molecule has 1 aromatic heterocycles. The summed E-state index contributed by atoms with van der Waals surface area (Å²) in [6, 6.07) is 13.5. The lowest BCUT2D eigenvalue weighted by atomic mass is 9.97. The third-order valence-electron chi connectivity index (χ3n) is 3.53. The quantitative estimate of drug-likeness (QED) is 0.791. The largest absolute Gasteiger partial charge is 0.309 e. The number of fused-ring (bicyclic) bond motifs is 1. The number of hydrogen-bond acceptors (Lipinski definition) is 2.